The van der Waals surface area contributed by atoms with Crippen molar-refractivity contribution in [1.82, 2.24) is 5.32 Å². The molecule has 2 unspecified atom stereocenters. The zero-order valence-corrected chi connectivity index (χ0v) is 9.89. The van der Waals surface area contributed by atoms with Crippen LogP contribution in [0.4, 0.5) is 0 Å². The van der Waals surface area contributed by atoms with Crippen molar-refractivity contribution in [3.05, 3.63) is 12.2 Å². The Morgan fingerprint density at radius 1 is 1.36 bits per heavy atom. The van der Waals surface area contributed by atoms with Crippen LogP contribution in [0, 0.1) is 11.8 Å². The van der Waals surface area contributed by atoms with Gasteiger partial charge in [-0.2, -0.15) is 0 Å². The SMILES string of the molecule is CC1CCCC(CNC/C=C/CCl)C1. The van der Waals surface area contributed by atoms with Gasteiger partial charge in [0.2, 0.25) is 0 Å². The van der Waals surface area contributed by atoms with Gasteiger partial charge in [0.1, 0.15) is 0 Å². The highest BCUT2D eigenvalue weighted by Gasteiger charge is 2.17. The minimum atomic E-state index is 0.627. The summed E-state index contributed by atoms with van der Waals surface area (Å²) < 4.78 is 0. The maximum atomic E-state index is 5.53. The largest absolute Gasteiger partial charge is 0.313 e. The second-order valence-corrected chi connectivity index (χ2v) is 4.73. The van der Waals surface area contributed by atoms with Crippen molar-refractivity contribution in [3.63, 3.8) is 0 Å². The Morgan fingerprint density at radius 3 is 2.93 bits per heavy atom. The average Bonchev–Trinajstić information content (AvgIpc) is 2.18. The quantitative estimate of drug-likeness (QED) is 0.422. The molecule has 0 bridgehead atoms. The summed E-state index contributed by atoms with van der Waals surface area (Å²) in [6.45, 7) is 4.52. The Labute approximate surface area is 92.9 Å². The molecule has 2 heteroatoms. The van der Waals surface area contributed by atoms with Crippen molar-refractivity contribution in [2.45, 2.75) is 32.6 Å². The number of allylic oxidation sites excluding steroid dienone is 1. The van der Waals surface area contributed by atoms with Gasteiger partial charge in [0, 0.05) is 12.4 Å². The first-order chi connectivity index (χ1) is 6.83. The Kier molecular flexibility index (Phi) is 6.29. The van der Waals surface area contributed by atoms with Crippen molar-refractivity contribution < 1.29 is 0 Å². The van der Waals surface area contributed by atoms with Gasteiger partial charge in [-0.25, -0.2) is 0 Å². The molecule has 0 aromatic carbocycles. The standard InChI is InChI=1S/C12H22ClN/c1-11-5-4-6-12(9-11)10-14-8-3-2-7-13/h2-3,11-12,14H,4-10H2,1H3/b3-2+. The lowest BCUT2D eigenvalue weighted by Crippen LogP contribution is -2.26. The van der Waals surface area contributed by atoms with Gasteiger partial charge in [0.05, 0.1) is 0 Å². The molecule has 1 nitrogen and oxygen atoms in total. The summed E-state index contributed by atoms with van der Waals surface area (Å²) in [5, 5.41) is 3.47. The van der Waals surface area contributed by atoms with Crippen LogP contribution < -0.4 is 5.32 Å². The maximum Gasteiger partial charge on any atom is 0.0404 e. The van der Waals surface area contributed by atoms with Crippen LogP contribution in [0.5, 0.6) is 0 Å². The molecule has 0 amide bonds. The number of nitrogens with one attached hydrogen (secondary N) is 1. The second kappa shape index (κ2) is 7.30. The molecule has 1 rings (SSSR count). The highest BCUT2D eigenvalue weighted by Crippen LogP contribution is 2.27. The fourth-order valence-corrected chi connectivity index (χ4v) is 2.39. The van der Waals surface area contributed by atoms with Crippen molar-refractivity contribution in [2.24, 2.45) is 11.8 Å². The number of alkyl halides is 1. The van der Waals surface area contributed by atoms with Crippen molar-refractivity contribution in [2.75, 3.05) is 19.0 Å². The molecule has 1 fully saturated rings. The van der Waals surface area contributed by atoms with Crippen LogP contribution in [0.15, 0.2) is 12.2 Å². The fourth-order valence-electron chi connectivity index (χ4n) is 2.26. The van der Waals surface area contributed by atoms with Crippen molar-refractivity contribution in [1.29, 1.82) is 0 Å². The summed E-state index contributed by atoms with van der Waals surface area (Å²) in [7, 11) is 0. The van der Waals surface area contributed by atoms with Crippen LogP contribution in [0.25, 0.3) is 0 Å². The van der Waals surface area contributed by atoms with E-state index < -0.39 is 0 Å². The Hall–Kier alpha value is -0.0100. The molecule has 14 heavy (non-hydrogen) atoms. The van der Waals surface area contributed by atoms with Crippen LogP contribution in [-0.4, -0.2) is 19.0 Å². The van der Waals surface area contributed by atoms with Gasteiger partial charge in [-0.1, -0.05) is 31.9 Å². The molecule has 82 valence electrons. The fraction of sp³-hybridized carbons (Fsp3) is 0.833. The number of hydrogen-bond donors (Lipinski definition) is 1. The number of hydrogen-bond acceptors (Lipinski definition) is 1. The van der Waals surface area contributed by atoms with Gasteiger partial charge < -0.3 is 5.32 Å². The van der Waals surface area contributed by atoms with E-state index in [4.69, 9.17) is 11.6 Å². The van der Waals surface area contributed by atoms with E-state index in [-0.39, 0.29) is 0 Å². The van der Waals surface area contributed by atoms with Gasteiger partial charge in [-0.3, -0.25) is 0 Å². The molecular formula is C12H22ClN. The van der Waals surface area contributed by atoms with E-state index in [9.17, 15) is 0 Å². The highest BCUT2D eigenvalue weighted by molar-refractivity contribution is 6.18. The molecule has 1 saturated carbocycles. The second-order valence-electron chi connectivity index (χ2n) is 4.42. The predicted octanol–water partition coefficient (Wildman–Crippen LogP) is 3.20. The first-order valence-corrected chi connectivity index (χ1v) is 6.28. The lowest BCUT2D eigenvalue weighted by molar-refractivity contribution is 0.277. The molecule has 1 N–H and O–H groups in total. The van der Waals surface area contributed by atoms with Gasteiger partial charge in [-0.05, 0) is 31.2 Å². The van der Waals surface area contributed by atoms with E-state index in [2.05, 4.69) is 18.3 Å². The Balaban J connectivity index is 2.03. The maximum absolute atomic E-state index is 5.53. The van der Waals surface area contributed by atoms with Crippen LogP contribution in [0.1, 0.15) is 32.6 Å². The number of halogens is 1. The van der Waals surface area contributed by atoms with Crippen LogP contribution in [0.3, 0.4) is 0 Å². The number of rotatable bonds is 5. The summed E-state index contributed by atoms with van der Waals surface area (Å²) in [6, 6.07) is 0. The average molecular weight is 216 g/mol. The van der Waals surface area contributed by atoms with E-state index >= 15 is 0 Å². The van der Waals surface area contributed by atoms with Crippen molar-refractivity contribution >= 4 is 11.6 Å². The van der Waals surface area contributed by atoms with E-state index in [0.717, 1.165) is 18.4 Å². The first-order valence-electron chi connectivity index (χ1n) is 5.74. The molecule has 0 radical (unpaired) electrons. The zero-order valence-electron chi connectivity index (χ0n) is 9.14. The van der Waals surface area contributed by atoms with E-state index in [1.54, 1.807) is 0 Å². The van der Waals surface area contributed by atoms with E-state index in [0.29, 0.717) is 5.88 Å². The van der Waals surface area contributed by atoms with Crippen LogP contribution in [0.2, 0.25) is 0 Å². The molecule has 1 aliphatic rings. The van der Waals surface area contributed by atoms with Crippen molar-refractivity contribution in [3.8, 4) is 0 Å². The summed E-state index contributed by atoms with van der Waals surface area (Å²) in [5.41, 5.74) is 0. The van der Waals surface area contributed by atoms with Crippen LogP contribution in [-0.2, 0) is 0 Å². The zero-order chi connectivity index (χ0) is 10.2. The third kappa shape index (κ3) is 5.02. The summed E-state index contributed by atoms with van der Waals surface area (Å²) in [5.74, 6) is 2.47. The topological polar surface area (TPSA) is 12.0 Å². The molecule has 0 aromatic rings. The smallest absolute Gasteiger partial charge is 0.0404 e. The van der Waals surface area contributed by atoms with E-state index in [1.165, 1.54) is 32.2 Å². The molecule has 0 aromatic heterocycles. The van der Waals surface area contributed by atoms with Gasteiger partial charge >= 0.3 is 0 Å². The predicted molar refractivity (Wildman–Crippen MR) is 63.9 cm³/mol. The molecule has 0 aliphatic heterocycles. The molecule has 2 atom stereocenters. The molecule has 0 saturated heterocycles. The monoisotopic (exact) mass is 215 g/mol. The summed E-state index contributed by atoms with van der Waals surface area (Å²) in [4.78, 5) is 0. The third-order valence-electron chi connectivity index (χ3n) is 3.00. The Morgan fingerprint density at radius 2 is 2.21 bits per heavy atom. The minimum absolute atomic E-state index is 0.627. The third-order valence-corrected chi connectivity index (χ3v) is 3.17. The summed E-state index contributed by atoms with van der Waals surface area (Å²) >= 11 is 5.53. The normalized spacial score (nSPS) is 28.4. The summed E-state index contributed by atoms with van der Waals surface area (Å²) in [6.07, 6.45) is 9.79. The molecular weight excluding hydrogens is 194 g/mol. The lowest BCUT2D eigenvalue weighted by atomic mass is 9.82. The first kappa shape index (κ1) is 12.1. The lowest BCUT2D eigenvalue weighted by Gasteiger charge is -2.26. The minimum Gasteiger partial charge on any atom is -0.313 e. The van der Waals surface area contributed by atoms with Crippen LogP contribution >= 0.6 is 11.6 Å². The Bertz CT molecular complexity index is 168. The molecule has 0 heterocycles. The van der Waals surface area contributed by atoms with Gasteiger partial charge in [0.25, 0.3) is 0 Å². The van der Waals surface area contributed by atoms with Gasteiger partial charge in [-0.15, -0.1) is 11.6 Å². The van der Waals surface area contributed by atoms with Gasteiger partial charge in [0.15, 0.2) is 0 Å². The molecule has 1 aliphatic carbocycles. The molecule has 0 spiro atoms. The highest BCUT2D eigenvalue weighted by atomic mass is 35.5. The van der Waals surface area contributed by atoms with E-state index in [1.807, 2.05) is 6.08 Å².